The Bertz CT molecular complexity index is 928. The molecule has 1 aliphatic heterocycles. The lowest BCUT2D eigenvalue weighted by atomic mass is 9.88. The van der Waals surface area contributed by atoms with Crippen LogP contribution in [0.3, 0.4) is 0 Å². The van der Waals surface area contributed by atoms with Gasteiger partial charge < -0.3 is 15.1 Å². The van der Waals surface area contributed by atoms with Gasteiger partial charge in [-0.25, -0.2) is 8.42 Å². The standard InChI is InChI=1S/C21H27N3O3S.HI/c25-28(26)13-10-19(15-28)24-21(22-11-9-20-6-3-12-27-20)23-18-8-7-16-4-1-2-5-17(16)14-18;/h1-6,12,18-19H,7-11,13-15H2,(H2,22,23,24);1H. The minimum absolute atomic E-state index is 0. The molecule has 29 heavy (non-hydrogen) atoms. The Morgan fingerprint density at radius 2 is 1.86 bits per heavy atom. The lowest BCUT2D eigenvalue weighted by Gasteiger charge is -2.28. The third-order valence-corrected chi connectivity index (χ3v) is 7.24. The van der Waals surface area contributed by atoms with Crippen LogP contribution in [0.15, 0.2) is 52.1 Å². The molecule has 2 heterocycles. The summed E-state index contributed by atoms with van der Waals surface area (Å²) < 4.78 is 29.0. The molecule has 2 unspecified atom stereocenters. The van der Waals surface area contributed by atoms with Gasteiger partial charge in [0.25, 0.3) is 0 Å². The second-order valence-corrected chi connectivity index (χ2v) is 9.89. The van der Waals surface area contributed by atoms with Crippen molar-refractivity contribution in [2.24, 2.45) is 4.99 Å². The highest BCUT2D eigenvalue weighted by Crippen LogP contribution is 2.21. The molecule has 1 saturated heterocycles. The molecular weight excluding hydrogens is 501 g/mol. The lowest BCUT2D eigenvalue weighted by molar-refractivity contribution is 0.505. The van der Waals surface area contributed by atoms with Gasteiger partial charge in [0.1, 0.15) is 5.76 Å². The molecule has 2 aliphatic rings. The van der Waals surface area contributed by atoms with Crippen molar-refractivity contribution >= 4 is 39.8 Å². The fourth-order valence-electron chi connectivity index (χ4n) is 3.98. The number of nitrogens with zero attached hydrogens (tertiary/aromatic N) is 1. The third kappa shape index (κ3) is 6.21. The van der Waals surface area contributed by atoms with E-state index in [0.29, 0.717) is 25.0 Å². The van der Waals surface area contributed by atoms with Crippen LogP contribution in [0.25, 0.3) is 0 Å². The maximum absolute atomic E-state index is 11.8. The van der Waals surface area contributed by atoms with E-state index in [1.807, 2.05) is 12.1 Å². The molecule has 1 aromatic carbocycles. The smallest absolute Gasteiger partial charge is 0.191 e. The molecule has 4 rings (SSSR count). The molecule has 8 heteroatoms. The first-order valence-electron chi connectivity index (χ1n) is 9.94. The van der Waals surface area contributed by atoms with E-state index in [2.05, 4.69) is 34.9 Å². The molecule has 158 valence electrons. The minimum atomic E-state index is -2.93. The second kappa shape index (κ2) is 9.97. The predicted molar refractivity (Wildman–Crippen MR) is 126 cm³/mol. The van der Waals surface area contributed by atoms with E-state index < -0.39 is 9.84 Å². The number of nitrogens with one attached hydrogen (secondary N) is 2. The van der Waals surface area contributed by atoms with Gasteiger partial charge in [-0.3, -0.25) is 4.99 Å². The Morgan fingerprint density at radius 1 is 1.07 bits per heavy atom. The normalized spacial score (nSPS) is 23.1. The molecule has 6 nitrogen and oxygen atoms in total. The van der Waals surface area contributed by atoms with Crippen molar-refractivity contribution in [1.29, 1.82) is 0 Å². The van der Waals surface area contributed by atoms with Crippen LogP contribution in [0.2, 0.25) is 0 Å². The van der Waals surface area contributed by atoms with Crippen molar-refractivity contribution in [3.8, 4) is 0 Å². The summed E-state index contributed by atoms with van der Waals surface area (Å²) in [5, 5.41) is 6.90. The fourth-order valence-corrected chi connectivity index (χ4v) is 5.66. The van der Waals surface area contributed by atoms with E-state index >= 15 is 0 Å². The van der Waals surface area contributed by atoms with Gasteiger partial charge in [-0.15, -0.1) is 24.0 Å². The molecule has 0 spiro atoms. The minimum Gasteiger partial charge on any atom is -0.469 e. The monoisotopic (exact) mass is 529 g/mol. The van der Waals surface area contributed by atoms with E-state index in [0.717, 1.165) is 31.4 Å². The quantitative estimate of drug-likeness (QED) is 0.354. The average molecular weight is 529 g/mol. The maximum atomic E-state index is 11.8. The van der Waals surface area contributed by atoms with Crippen LogP contribution >= 0.6 is 24.0 Å². The van der Waals surface area contributed by atoms with Gasteiger partial charge in [0.2, 0.25) is 0 Å². The molecule has 0 amide bonds. The first kappa shape index (κ1) is 22.1. The van der Waals surface area contributed by atoms with Crippen LogP contribution < -0.4 is 10.6 Å². The summed E-state index contributed by atoms with van der Waals surface area (Å²) in [4.78, 5) is 4.70. The molecular formula is C21H28IN3O3S. The van der Waals surface area contributed by atoms with Crippen LogP contribution in [-0.2, 0) is 29.1 Å². The maximum Gasteiger partial charge on any atom is 0.191 e. The Morgan fingerprint density at radius 3 is 2.59 bits per heavy atom. The number of aliphatic imine (C=N–C) groups is 1. The number of fused-ring (bicyclic) bond motifs is 1. The van der Waals surface area contributed by atoms with E-state index in [-0.39, 0.29) is 41.5 Å². The summed E-state index contributed by atoms with van der Waals surface area (Å²) in [5.74, 6) is 2.04. The summed E-state index contributed by atoms with van der Waals surface area (Å²) in [5.41, 5.74) is 2.80. The number of halogens is 1. The van der Waals surface area contributed by atoms with Crippen molar-refractivity contribution in [1.82, 2.24) is 10.6 Å². The first-order valence-corrected chi connectivity index (χ1v) is 11.8. The third-order valence-electron chi connectivity index (χ3n) is 5.47. The number of rotatable bonds is 5. The van der Waals surface area contributed by atoms with Crippen LogP contribution in [0.4, 0.5) is 0 Å². The first-order chi connectivity index (χ1) is 13.6. The van der Waals surface area contributed by atoms with E-state index in [4.69, 9.17) is 9.41 Å². The van der Waals surface area contributed by atoms with E-state index in [1.54, 1.807) is 6.26 Å². The molecule has 2 atom stereocenters. The van der Waals surface area contributed by atoms with Crippen LogP contribution in [0, 0.1) is 0 Å². The highest BCUT2D eigenvalue weighted by molar-refractivity contribution is 14.0. The molecule has 1 aliphatic carbocycles. The van der Waals surface area contributed by atoms with Crippen molar-refractivity contribution in [2.45, 2.75) is 44.2 Å². The van der Waals surface area contributed by atoms with Crippen molar-refractivity contribution < 1.29 is 12.8 Å². The Labute approximate surface area is 189 Å². The molecule has 2 aromatic rings. The molecule has 0 saturated carbocycles. The highest BCUT2D eigenvalue weighted by atomic mass is 127. The van der Waals surface area contributed by atoms with Crippen LogP contribution in [0.5, 0.6) is 0 Å². The van der Waals surface area contributed by atoms with Gasteiger partial charge >= 0.3 is 0 Å². The lowest BCUT2D eigenvalue weighted by Crippen LogP contribution is -2.49. The van der Waals surface area contributed by atoms with Gasteiger partial charge in [0, 0.05) is 25.0 Å². The number of benzene rings is 1. The van der Waals surface area contributed by atoms with Gasteiger partial charge in [0.05, 0.1) is 17.8 Å². The zero-order valence-electron chi connectivity index (χ0n) is 16.3. The summed E-state index contributed by atoms with van der Waals surface area (Å²) in [6, 6.07) is 12.6. The Hall–Kier alpha value is -1.55. The summed E-state index contributed by atoms with van der Waals surface area (Å²) in [7, 11) is -2.93. The zero-order valence-corrected chi connectivity index (χ0v) is 19.5. The summed E-state index contributed by atoms with van der Waals surface area (Å²) >= 11 is 0. The second-order valence-electron chi connectivity index (χ2n) is 7.66. The van der Waals surface area contributed by atoms with E-state index in [9.17, 15) is 8.42 Å². The topological polar surface area (TPSA) is 83.7 Å². The number of furan rings is 1. The van der Waals surface area contributed by atoms with Crippen molar-refractivity contribution in [2.75, 3.05) is 18.1 Å². The molecule has 0 radical (unpaired) electrons. The van der Waals surface area contributed by atoms with Gasteiger partial charge in [-0.05, 0) is 48.9 Å². The van der Waals surface area contributed by atoms with Gasteiger partial charge in [-0.2, -0.15) is 0 Å². The summed E-state index contributed by atoms with van der Waals surface area (Å²) in [6.07, 6.45) is 6.06. The number of aryl methyl sites for hydroxylation is 1. The molecule has 1 fully saturated rings. The Kier molecular flexibility index (Phi) is 7.61. The number of guanidine groups is 1. The van der Waals surface area contributed by atoms with E-state index in [1.165, 1.54) is 11.1 Å². The Balaban J connectivity index is 0.00000240. The molecule has 2 N–H and O–H groups in total. The van der Waals surface area contributed by atoms with Gasteiger partial charge in [0.15, 0.2) is 15.8 Å². The predicted octanol–water partition coefficient (Wildman–Crippen LogP) is 2.72. The molecule has 0 bridgehead atoms. The average Bonchev–Trinajstić information content (AvgIpc) is 3.31. The SMILES string of the molecule is I.O=S1(=O)CCC(NC(=NCCc2ccco2)NC2CCc3ccccc3C2)C1. The van der Waals surface area contributed by atoms with Crippen molar-refractivity contribution in [3.05, 3.63) is 59.5 Å². The number of hydrogen-bond donors (Lipinski definition) is 2. The van der Waals surface area contributed by atoms with Crippen molar-refractivity contribution in [3.63, 3.8) is 0 Å². The van der Waals surface area contributed by atoms with Crippen LogP contribution in [-0.4, -0.2) is 44.5 Å². The number of sulfone groups is 1. The largest absolute Gasteiger partial charge is 0.469 e. The van der Waals surface area contributed by atoms with Crippen LogP contribution in [0.1, 0.15) is 29.7 Å². The zero-order chi connectivity index (χ0) is 19.4. The molecule has 1 aromatic heterocycles. The van der Waals surface area contributed by atoms with Gasteiger partial charge in [-0.1, -0.05) is 24.3 Å². The fraction of sp³-hybridized carbons (Fsp3) is 0.476. The number of hydrogen-bond acceptors (Lipinski definition) is 4. The summed E-state index contributed by atoms with van der Waals surface area (Å²) in [6.45, 7) is 0.589. The highest BCUT2D eigenvalue weighted by Gasteiger charge is 2.29.